The zero-order valence-corrected chi connectivity index (χ0v) is 10.7. The van der Waals surface area contributed by atoms with E-state index < -0.39 is 0 Å². The van der Waals surface area contributed by atoms with Gasteiger partial charge in [0.25, 0.3) is 0 Å². The molecular formula is C13H18N4O. The van der Waals surface area contributed by atoms with Crippen LogP contribution in [0.15, 0.2) is 12.7 Å². The summed E-state index contributed by atoms with van der Waals surface area (Å²) in [5.41, 5.74) is 2.69. The summed E-state index contributed by atoms with van der Waals surface area (Å²) in [5.74, 6) is 0.326. The van der Waals surface area contributed by atoms with E-state index in [0.29, 0.717) is 5.92 Å². The summed E-state index contributed by atoms with van der Waals surface area (Å²) in [6.45, 7) is 4.20. The Labute approximate surface area is 106 Å². The zero-order valence-electron chi connectivity index (χ0n) is 10.7. The van der Waals surface area contributed by atoms with Gasteiger partial charge in [0, 0.05) is 0 Å². The molecule has 1 aliphatic rings. The van der Waals surface area contributed by atoms with Gasteiger partial charge >= 0.3 is 0 Å². The highest BCUT2D eigenvalue weighted by atomic mass is 16.3. The molecule has 3 rings (SSSR count). The first kappa shape index (κ1) is 11.6. The average molecular weight is 246 g/mol. The number of nitrogens with zero attached hydrogens (tertiary/aromatic N) is 4. The van der Waals surface area contributed by atoms with Crippen molar-refractivity contribution in [3.8, 4) is 0 Å². The van der Waals surface area contributed by atoms with Crippen molar-refractivity contribution in [2.24, 2.45) is 0 Å². The number of hydrogen-bond donors (Lipinski definition) is 1. The van der Waals surface area contributed by atoms with E-state index in [1.807, 2.05) is 4.57 Å². The lowest BCUT2D eigenvalue weighted by Gasteiger charge is -2.16. The Morgan fingerprint density at radius 2 is 2.11 bits per heavy atom. The highest BCUT2D eigenvalue weighted by molar-refractivity contribution is 5.73. The maximum atomic E-state index is 10.0. The fraction of sp³-hybridized carbons (Fsp3) is 0.615. The molecule has 1 aliphatic carbocycles. The lowest BCUT2D eigenvalue weighted by Crippen LogP contribution is -2.17. The van der Waals surface area contributed by atoms with Gasteiger partial charge < -0.3 is 9.67 Å². The Morgan fingerprint density at radius 1 is 1.28 bits per heavy atom. The number of imidazole rings is 1. The van der Waals surface area contributed by atoms with Crippen molar-refractivity contribution in [3.05, 3.63) is 18.3 Å². The lowest BCUT2D eigenvalue weighted by atomic mass is 10.1. The van der Waals surface area contributed by atoms with Gasteiger partial charge in [0.1, 0.15) is 11.8 Å². The van der Waals surface area contributed by atoms with E-state index in [9.17, 15) is 5.11 Å². The molecule has 0 radical (unpaired) electrons. The van der Waals surface area contributed by atoms with E-state index in [1.54, 1.807) is 12.7 Å². The summed E-state index contributed by atoms with van der Waals surface area (Å²) in [7, 11) is 0. The predicted molar refractivity (Wildman–Crippen MR) is 68.3 cm³/mol. The van der Waals surface area contributed by atoms with E-state index >= 15 is 0 Å². The molecule has 2 heterocycles. The fourth-order valence-electron chi connectivity index (χ4n) is 2.78. The minimum atomic E-state index is -0.278. The smallest absolute Gasteiger partial charge is 0.163 e. The molecule has 5 nitrogen and oxygen atoms in total. The Kier molecular flexibility index (Phi) is 2.78. The van der Waals surface area contributed by atoms with Crippen LogP contribution in [0.2, 0.25) is 0 Å². The van der Waals surface area contributed by atoms with E-state index in [0.717, 1.165) is 36.1 Å². The van der Waals surface area contributed by atoms with Crippen molar-refractivity contribution in [2.45, 2.75) is 51.2 Å². The summed E-state index contributed by atoms with van der Waals surface area (Å²) >= 11 is 0. The minimum absolute atomic E-state index is 0.116. The molecule has 0 bridgehead atoms. The summed E-state index contributed by atoms with van der Waals surface area (Å²) in [4.78, 5) is 13.1. The summed E-state index contributed by atoms with van der Waals surface area (Å²) < 4.78 is 2.01. The fourth-order valence-corrected chi connectivity index (χ4v) is 2.78. The third kappa shape index (κ3) is 1.70. The number of fused-ring (bicyclic) bond motifs is 1. The molecule has 0 amide bonds. The van der Waals surface area contributed by atoms with Crippen LogP contribution in [0.1, 0.15) is 50.8 Å². The van der Waals surface area contributed by atoms with Gasteiger partial charge in [0.05, 0.1) is 24.2 Å². The second kappa shape index (κ2) is 4.31. The Bertz CT molecular complexity index is 563. The zero-order chi connectivity index (χ0) is 12.7. The first-order valence-electron chi connectivity index (χ1n) is 6.54. The lowest BCUT2D eigenvalue weighted by molar-refractivity contribution is 0.138. The molecule has 18 heavy (non-hydrogen) atoms. The number of rotatable bonds is 2. The van der Waals surface area contributed by atoms with Crippen molar-refractivity contribution in [3.63, 3.8) is 0 Å². The Hall–Kier alpha value is -1.49. The number of aliphatic hydroxyl groups excluding tert-OH is 1. The van der Waals surface area contributed by atoms with Crippen LogP contribution >= 0.6 is 0 Å². The molecule has 2 atom stereocenters. The summed E-state index contributed by atoms with van der Waals surface area (Å²) in [6, 6.07) is 0.116. The van der Waals surface area contributed by atoms with Crippen molar-refractivity contribution >= 4 is 11.2 Å². The molecule has 1 fully saturated rings. The number of hydrogen-bond acceptors (Lipinski definition) is 4. The minimum Gasteiger partial charge on any atom is -0.391 e. The molecule has 2 aromatic heterocycles. The molecule has 1 N–H and O–H groups in total. The van der Waals surface area contributed by atoms with Gasteiger partial charge in [-0.3, -0.25) is 0 Å². The molecule has 0 spiro atoms. The van der Waals surface area contributed by atoms with Gasteiger partial charge in [-0.15, -0.1) is 0 Å². The van der Waals surface area contributed by atoms with Crippen LogP contribution in [-0.4, -0.2) is 30.7 Å². The van der Waals surface area contributed by atoms with Crippen LogP contribution < -0.4 is 0 Å². The van der Waals surface area contributed by atoms with Crippen LogP contribution in [0.5, 0.6) is 0 Å². The largest absolute Gasteiger partial charge is 0.391 e. The summed E-state index contributed by atoms with van der Waals surface area (Å²) in [5, 5.41) is 10.0. The molecule has 0 aliphatic heterocycles. The van der Waals surface area contributed by atoms with Crippen LogP contribution in [0.3, 0.4) is 0 Å². The van der Waals surface area contributed by atoms with Gasteiger partial charge in [-0.25, -0.2) is 15.0 Å². The maximum Gasteiger partial charge on any atom is 0.163 e. The van der Waals surface area contributed by atoms with Gasteiger partial charge in [-0.2, -0.15) is 0 Å². The van der Waals surface area contributed by atoms with Crippen molar-refractivity contribution < 1.29 is 5.11 Å². The molecular weight excluding hydrogens is 228 g/mol. The number of aromatic nitrogens is 4. The van der Waals surface area contributed by atoms with Crippen LogP contribution in [0.25, 0.3) is 11.2 Å². The third-order valence-corrected chi connectivity index (χ3v) is 3.74. The summed E-state index contributed by atoms with van der Waals surface area (Å²) in [6.07, 6.45) is 6.04. The second-order valence-electron chi connectivity index (χ2n) is 5.30. The van der Waals surface area contributed by atoms with Crippen LogP contribution in [0.4, 0.5) is 0 Å². The monoisotopic (exact) mass is 246 g/mol. The first-order chi connectivity index (χ1) is 8.68. The highest BCUT2D eigenvalue weighted by Crippen LogP contribution is 2.32. The van der Waals surface area contributed by atoms with Crippen LogP contribution in [-0.2, 0) is 0 Å². The van der Waals surface area contributed by atoms with Crippen molar-refractivity contribution in [1.82, 2.24) is 19.5 Å². The van der Waals surface area contributed by atoms with Gasteiger partial charge in [0.2, 0.25) is 0 Å². The maximum absolute atomic E-state index is 10.0. The Balaban J connectivity index is 2.12. The normalized spacial score (nSPS) is 24.2. The van der Waals surface area contributed by atoms with E-state index in [-0.39, 0.29) is 12.1 Å². The standard InChI is InChI=1S/C13H18N4O/c1-8(2)11-12-13(15-6-14-11)17(7-16-12)9-4-3-5-10(9)18/h6-10,18H,3-5H2,1-2H3. The average Bonchev–Trinajstić information content (AvgIpc) is 2.93. The number of aliphatic hydroxyl groups is 1. The third-order valence-electron chi connectivity index (χ3n) is 3.74. The second-order valence-corrected chi connectivity index (χ2v) is 5.30. The first-order valence-corrected chi connectivity index (χ1v) is 6.54. The van der Waals surface area contributed by atoms with Crippen LogP contribution in [0, 0.1) is 0 Å². The van der Waals surface area contributed by atoms with E-state index in [2.05, 4.69) is 28.8 Å². The molecule has 96 valence electrons. The molecule has 0 saturated heterocycles. The SMILES string of the molecule is CC(C)c1ncnc2c1ncn2C1CCCC1O. The topological polar surface area (TPSA) is 63.8 Å². The van der Waals surface area contributed by atoms with Gasteiger partial charge in [-0.05, 0) is 25.2 Å². The van der Waals surface area contributed by atoms with Crippen molar-refractivity contribution in [1.29, 1.82) is 0 Å². The molecule has 2 unspecified atom stereocenters. The molecule has 1 saturated carbocycles. The molecule has 2 aromatic rings. The predicted octanol–water partition coefficient (Wildman–Crippen LogP) is 2.04. The van der Waals surface area contributed by atoms with E-state index in [1.165, 1.54) is 0 Å². The Morgan fingerprint density at radius 3 is 2.78 bits per heavy atom. The van der Waals surface area contributed by atoms with E-state index in [4.69, 9.17) is 0 Å². The highest BCUT2D eigenvalue weighted by Gasteiger charge is 2.28. The molecule has 5 heteroatoms. The quantitative estimate of drug-likeness (QED) is 0.880. The van der Waals surface area contributed by atoms with Gasteiger partial charge in [0.15, 0.2) is 5.65 Å². The van der Waals surface area contributed by atoms with Gasteiger partial charge in [-0.1, -0.05) is 13.8 Å². The molecule has 0 aromatic carbocycles. The van der Waals surface area contributed by atoms with Crippen molar-refractivity contribution in [2.75, 3.05) is 0 Å².